The van der Waals surface area contributed by atoms with Crippen molar-refractivity contribution < 1.29 is 14.3 Å². The molecule has 1 aromatic heterocycles. The fourth-order valence-electron chi connectivity index (χ4n) is 2.31. The zero-order chi connectivity index (χ0) is 18.8. The van der Waals surface area contributed by atoms with Gasteiger partial charge in [0.25, 0.3) is 5.91 Å². The van der Waals surface area contributed by atoms with E-state index in [1.807, 2.05) is 41.2 Å². The molecule has 0 fully saturated rings. The number of amides is 1. The molecule has 0 saturated carbocycles. The van der Waals surface area contributed by atoms with E-state index in [2.05, 4.69) is 0 Å². The van der Waals surface area contributed by atoms with Crippen molar-refractivity contribution in [3.8, 4) is 17.8 Å². The van der Waals surface area contributed by atoms with E-state index >= 15 is 0 Å². The van der Waals surface area contributed by atoms with E-state index in [1.165, 1.54) is 4.90 Å². The van der Waals surface area contributed by atoms with Crippen LogP contribution in [-0.4, -0.2) is 41.0 Å². The SMILES string of the molecule is N#CCCN(CCC#N)C(=O)COC(=O)c1ccc(-n2cccc2)cc1. The first-order valence-corrected chi connectivity index (χ1v) is 8.08. The van der Waals surface area contributed by atoms with Gasteiger partial charge in [0.2, 0.25) is 0 Å². The standard InChI is InChI=1S/C19H18N4O3/c20-9-3-13-23(14-4-10-21)18(24)15-26-19(25)16-5-7-17(8-6-16)22-11-1-2-12-22/h1-2,5-8,11-12H,3-4,13-15H2. The summed E-state index contributed by atoms with van der Waals surface area (Å²) in [6.07, 6.45) is 4.10. The summed E-state index contributed by atoms with van der Waals surface area (Å²) in [6, 6.07) is 14.5. The second-order valence-electron chi connectivity index (χ2n) is 5.41. The molecule has 1 aromatic carbocycles. The summed E-state index contributed by atoms with van der Waals surface area (Å²) in [5, 5.41) is 17.3. The van der Waals surface area contributed by atoms with E-state index < -0.39 is 18.5 Å². The molecule has 0 radical (unpaired) electrons. The molecule has 132 valence electrons. The van der Waals surface area contributed by atoms with Crippen LogP contribution in [0.2, 0.25) is 0 Å². The number of carbonyl (C=O) groups excluding carboxylic acids is 2. The third-order valence-corrected chi connectivity index (χ3v) is 3.67. The lowest BCUT2D eigenvalue weighted by molar-refractivity contribution is -0.134. The van der Waals surface area contributed by atoms with Gasteiger partial charge in [0.05, 0.1) is 30.5 Å². The van der Waals surface area contributed by atoms with Crippen molar-refractivity contribution >= 4 is 11.9 Å². The summed E-state index contributed by atoms with van der Waals surface area (Å²) in [7, 11) is 0. The van der Waals surface area contributed by atoms with E-state index in [9.17, 15) is 9.59 Å². The molecule has 0 N–H and O–H groups in total. The Labute approximate surface area is 151 Å². The number of carbonyl (C=O) groups is 2. The van der Waals surface area contributed by atoms with Gasteiger partial charge in [-0.05, 0) is 36.4 Å². The van der Waals surface area contributed by atoms with Crippen LogP contribution in [-0.2, 0) is 9.53 Å². The van der Waals surface area contributed by atoms with Crippen molar-refractivity contribution in [1.29, 1.82) is 10.5 Å². The molecule has 2 rings (SSSR count). The van der Waals surface area contributed by atoms with Gasteiger partial charge in [-0.25, -0.2) is 4.79 Å². The van der Waals surface area contributed by atoms with Gasteiger partial charge in [0, 0.05) is 31.2 Å². The first kappa shape index (κ1) is 18.8. The second kappa shape index (κ2) is 9.65. The monoisotopic (exact) mass is 350 g/mol. The Hall–Kier alpha value is -3.58. The average molecular weight is 350 g/mol. The fourth-order valence-corrected chi connectivity index (χ4v) is 2.31. The van der Waals surface area contributed by atoms with E-state index in [0.29, 0.717) is 5.56 Å². The minimum absolute atomic E-state index is 0.159. The lowest BCUT2D eigenvalue weighted by Gasteiger charge is -2.20. The molecule has 0 aliphatic heterocycles. The van der Waals surface area contributed by atoms with Crippen LogP contribution in [0.1, 0.15) is 23.2 Å². The van der Waals surface area contributed by atoms with Crippen molar-refractivity contribution in [3.05, 3.63) is 54.4 Å². The molecule has 0 atom stereocenters. The highest BCUT2D eigenvalue weighted by Gasteiger charge is 2.16. The maximum Gasteiger partial charge on any atom is 0.338 e. The molecule has 7 heteroatoms. The number of benzene rings is 1. The topological polar surface area (TPSA) is 99.1 Å². The minimum atomic E-state index is -0.599. The van der Waals surface area contributed by atoms with Crippen LogP contribution >= 0.6 is 0 Å². The van der Waals surface area contributed by atoms with Gasteiger partial charge in [-0.15, -0.1) is 0 Å². The molecule has 1 heterocycles. The average Bonchev–Trinajstić information content (AvgIpc) is 3.21. The Bertz CT molecular complexity index is 796. The summed E-state index contributed by atoms with van der Waals surface area (Å²) >= 11 is 0. The molecule has 0 aliphatic rings. The van der Waals surface area contributed by atoms with Crippen LogP contribution in [0, 0.1) is 22.7 Å². The molecule has 0 saturated heterocycles. The number of rotatable bonds is 8. The molecule has 2 aromatic rings. The van der Waals surface area contributed by atoms with Crippen molar-refractivity contribution in [1.82, 2.24) is 9.47 Å². The van der Waals surface area contributed by atoms with Crippen LogP contribution in [0.3, 0.4) is 0 Å². The smallest absolute Gasteiger partial charge is 0.338 e. The normalized spacial score (nSPS) is 9.77. The van der Waals surface area contributed by atoms with Gasteiger partial charge in [-0.1, -0.05) is 0 Å². The van der Waals surface area contributed by atoms with Crippen molar-refractivity contribution in [3.63, 3.8) is 0 Å². The molecule has 0 unspecified atom stereocenters. The highest BCUT2D eigenvalue weighted by atomic mass is 16.5. The van der Waals surface area contributed by atoms with E-state index in [0.717, 1.165) is 5.69 Å². The molecular formula is C19H18N4O3. The summed E-state index contributed by atoms with van der Waals surface area (Å²) < 4.78 is 6.96. The van der Waals surface area contributed by atoms with Crippen molar-refractivity contribution in [2.75, 3.05) is 19.7 Å². The summed E-state index contributed by atoms with van der Waals surface area (Å²) in [6.45, 7) is -0.00466. The molecule has 7 nitrogen and oxygen atoms in total. The van der Waals surface area contributed by atoms with Gasteiger partial charge in [0.15, 0.2) is 6.61 Å². The number of hydrogen-bond donors (Lipinski definition) is 0. The number of hydrogen-bond acceptors (Lipinski definition) is 5. The lowest BCUT2D eigenvalue weighted by Crippen LogP contribution is -2.36. The lowest BCUT2D eigenvalue weighted by atomic mass is 10.2. The quantitative estimate of drug-likeness (QED) is 0.680. The highest BCUT2D eigenvalue weighted by molar-refractivity contribution is 5.91. The highest BCUT2D eigenvalue weighted by Crippen LogP contribution is 2.11. The third-order valence-electron chi connectivity index (χ3n) is 3.67. The molecule has 0 bridgehead atoms. The Morgan fingerprint density at radius 3 is 2.12 bits per heavy atom. The van der Waals surface area contributed by atoms with Crippen LogP contribution in [0.5, 0.6) is 0 Å². The van der Waals surface area contributed by atoms with Gasteiger partial charge in [0.1, 0.15) is 0 Å². The van der Waals surface area contributed by atoms with Crippen LogP contribution in [0.4, 0.5) is 0 Å². The van der Waals surface area contributed by atoms with Crippen molar-refractivity contribution in [2.45, 2.75) is 12.8 Å². The molecule has 1 amide bonds. The fraction of sp³-hybridized carbons (Fsp3) is 0.263. The number of aromatic nitrogens is 1. The van der Waals surface area contributed by atoms with Crippen LogP contribution in [0.25, 0.3) is 5.69 Å². The predicted octanol–water partition coefficient (Wildman–Crippen LogP) is 2.29. The van der Waals surface area contributed by atoms with E-state index in [-0.39, 0.29) is 25.9 Å². The second-order valence-corrected chi connectivity index (χ2v) is 5.41. The number of nitrogens with zero attached hydrogens (tertiary/aromatic N) is 4. The number of esters is 1. The Morgan fingerprint density at radius 1 is 1.00 bits per heavy atom. The zero-order valence-electron chi connectivity index (χ0n) is 14.2. The van der Waals surface area contributed by atoms with Gasteiger partial charge < -0.3 is 14.2 Å². The Balaban J connectivity index is 1.91. The van der Waals surface area contributed by atoms with Crippen LogP contribution < -0.4 is 0 Å². The molecule has 0 spiro atoms. The molecule has 26 heavy (non-hydrogen) atoms. The first-order valence-electron chi connectivity index (χ1n) is 8.08. The van der Waals surface area contributed by atoms with Gasteiger partial charge in [-0.3, -0.25) is 4.79 Å². The summed E-state index contributed by atoms with van der Waals surface area (Å²) in [5.41, 5.74) is 1.25. The summed E-state index contributed by atoms with van der Waals surface area (Å²) in [4.78, 5) is 25.6. The Morgan fingerprint density at radius 2 is 1.58 bits per heavy atom. The maximum absolute atomic E-state index is 12.1. The van der Waals surface area contributed by atoms with Crippen molar-refractivity contribution in [2.24, 2.45) is 0 Å². The molecular weight excluding hydrogens is 332 g/mol. The first-order chi connectivity index (χ1) is 12.7. The maximum atomic E-state index is 12.1. The Kier molecular flexibility index (Phi) is 6.96. The largest absolute Gasteiger partial charge is 0.452 e. The predicted molar refractivity (Wildman–Crippen MR) is 93.1 cm³/mol. The van der Waals surface area contributed by atoms with E-state index in [4.69, 9.17) is 15.3 Å². The third kappa shape index (κ3) is 5.22. The van der Waals surface area contributed by atoms with Crippen LogP contribution in [0.15, 0.2) is 48.8 Å². The minimum Gasteiger partial charge on any atom is -0.452 e. The number of nitriles is 2. The molecule has 0 aliphatic carbocycles. The summed E-state index contributed by atoms with van der Waals surface area (Å²) in [5.74, 6) is -1.02. The van der Waals surface area contributed by atoms with E-state index in [1.54, 1.807) is 24.3 Å². The van der Waals surface area contributed by atoms with Gasteiger partial charge in [-0.2, -0.15) is 10.5 Å². The number of ether oxygens (including phenoxy) is 1. The van der Waals surface area contributed by atoms with Gasteiger partial charge >= 0.3 is 5.97 Å². The zero-order valence-corrected chi connectivity index (χ0v) is 14.2.